The van der Waals surface area contributed by atoms with Gasteiger partial charge in [-0.2, -0.15) is 0 Å². The summed E-state index contributed by atoms with van der Waals surface area (Å²) in [5, 5.41) is 13.7. The second-order valence-electron chi connectivity index (χ2n) is 15.6. The summed E-state index contributed by atoms with van der Waals surface area (Å²) in [4.78, 5) is 72.4. The van der Waals surface area contributed by atoms with Gasteiger partial charge in [-0.05, 0) is 94.1 Å². The smallest absolute Gasteiger partial charge is 0.311 e. The number of aryl methyl sites for hydroxylation is 1. The topological polar surface area (TPSA) is 149 Å². The number of benzene rings is 2. The Kier molecular flexibility index (Phi) is 8.93. The summed E-state index contributed by atoms with van der Waals surface area (Å²) in [5.41, 5.74) is 3.88. The first kappa shape index (κ1) is 34.5. The van der Waals surface area contributed by atoms with Crippen LogP contribution in [0.5, 0.6) is 5.75 Å². The van der Waals surface area contributed by atoms with Crippen molar-refractivity contribution >= 4 is 40.7 Å². The standard InChI is InChI=1S/C38H47N7O7/c1-24-19-32(45(50)51)33(52-2)21-31(24)42-17-11-38(12-18-42)9-15-41(16-10-38)25-7-13-40(14-8-25)27-22-43(23-27)26-3-4-28-29(20-26)37(49)44(36(28)48)30-5-6-34(46)39-35(30)47/h3-4,19-21,25,27,30H,5-18,22-23H2,1-2H3,(H,39,46,47). The van der Waals surface area contributed by atoms with Crippen molar-refractivity contribution < 1.29 is 28.8 Å². The van der Waals surface area contributed by atoms with Crippen LogP contribution in [0.1, 0.15) is 77.6 Å². The van der Waals surface area contributed by atoms with Gasteiger partial charge in [0.05, 0.1) is 23.2 Å². The lowest BCUT2D eigenvalue weighted by Crippen LogP contribution is -2.62. The number of hydrogen-bond donors (Lipinski definition) is 1. The first-order valence-electron chi connectivity index (χ1n) is 18.7. The Labute approximate surface area is 303 Å². The number of carbonyl (C=O) groups excluding carboxylic acids is 4. The fourth-order valence-electron chi connectivity index (χ4n) is 9.56. The molecule has 14 heteroatoms. The number of rotatable bonds is 7. The van der Waals surface area contributed by atoms with E-state index in [9.17, 15) is 29.3 Å². The van der Waals surface area contributed by atoms with Crippen molar-refractivity contribution in [2.45, 2.75) is 76.4 Å². The van der Waals surface area contributed by atoms with Crippen LogP contribution in [0.25, 0.3) is 0 Å². The molecule has 1 unspecified atom stereocenters. The molecule has 0 aliphatic carbocycles. The van der Waals surface area contributed by atoms with Crippen LogP contribution in [0.15, 0.2) is 30.3 Å². The minimum Gasteiger partial charge on any atom is -0.490 e. The Morgan fingerprint density at radius 1 is 0.808 bits per heavy atom. The van der Waals surface area contributed by atoms with Crippen LogP contribution in [0.2, 0.25) is 0 Å². The second kappa shape index (κ2) is 13.4. The van der Waals surface area contributed by atoms with Crippen LogP contribution in [-0.2, 0) is 9.59 Å². The molecule has 6 heterocycles. The molecule has 6 aliphatic rings. The van der Waals surface area contributed by atoms with Gasteiger partial charge in [-0.15, -0.1) is 0 Å². The highest BCUT2D eigenvalue weighted by Gasteiger charge is 2.46. The molecule has 4 amide bonds. The van der Waals surface area contributed by atoms with E-state index in [1.165, 1.54) is 32.8 Å². The number of imide groups is 2. The van der Waals surface area contributed by atoms with Gasteiger partial charge in [0.1, 0.15) is 6.04 Å². The zero-order valence-electron chi connectivity index (χ0n) is 30.0. The SMILES string of the molecule is COc1cc(N2CCC3(CC2)CCN(C2CCN(C4CN(c5ccc6c(c5)C(=O)N(C5CCC(=O)NC5=O)C6=O)C4)CC2)CC3)c(C)cc1[N+](=O)[O-]. The summed E-state index contributed by atoms with van der Waals surface area (Å²) < 4.78 is 5.35. The number of methoxy groups -OCH3 is 1. The van der Waals surface area contributed by atoms with Gasteiger partial charge in [0.15, 0.2) is 5.75 Å². The number of fused-ring (bicyclic) bond motifs is 1. The van der Waals surface area contributed by atoms with Crippen molar-refractivity contribution in [3.8, 4) is 5.75 Å². The minimum atomic E-state index is -0.958. The number of nitro groups is 1. The minimum absolute atomic E-state index is 0.0150. The number of carbonyl (C=O) groups is 4. The molecular weight excluding hydrogens is 666 g/mol. The number of nitro benzene ring substituents is 1. The highest BCUT2D eigenvalue weighted by molar-refractivity contribution is 6.23. The Morgan fingerprint density at radius 3 is 2.12 bits per heavy atom. The van der Waals surface area contributed by atoms with Crippen LogP contribution < -0.4 is 19.9 Å². The zero-order chi connectivity index (χ0) is 36.3. The predicted molar refractivity (Wildman–Crippen MR) is 193 cm³/mol. The number of nitrogens with one attached hydrogen (secondary N) is 1. The van der Waals surface area contributed by atoms with E-state index in [2.05, 4.69) is 24.9 Å². The Balaban J connectivity index is 0.793. The molecule has 0 bridgehead atoms. The molecule has 0 saturated carbocycles. The summed E-state index contributed by atoms with van der Waals surface area (Å²) in [6.45, 7) is 10.1. The zero-order valence-corrected chi connectivity index (χ0v) is 30.0. The fraction of sp³-hybridized carbons (Fsp3) is 0.579. The highest BCUT2D eigenvalue weighted by atomic mass is 16.6. The molecule has 1 spiro atoms. The molecule has 6 aliphatic heterocycles. The van der Waals surface area contributed by atoms with Crippen molar-refractivity contribution in [3.05, 3.63) is 57.1 Å². The summed E-state index contributed by atoms with van der Waals surface area (Å²) >= 11 is 0. The van der Waals surface area contributed by atoms with E-state index < -0.39 is 23.8 Å². The lowest BCUT2D eigenvalue weighted by Gasteiger charge is -2.52. The average Bonchev–Trinajstić information content (AvgIpc) is 3.37. The Hall–Kier alpha value is -4.56. The van der Waals surface area contributed by atoms with Crippen LogP contribution in [0.4, 0.5) is 17.1 Å². The molecule has 0 radical (unpaired) electrons. The number of likely N-dealkylation sites (tertiary alicyclic amines) is 2. The van der Waals surface area contributed by atoms with Crippen LogP contribution in [-0.4, -0.2) is 121 Å². The van der Waals surface area contributed by atoms with Gasteiger partial charge in [0.2, 0.25) is 11.8 Å². The molecule has 0 aromatic heterocycles. The van der Waals surface area contributed by atoms with E-state index in [4.69, 9.17) is 4.74 Å². The van der Waals surface area contributed by atoms with Crippen LogP contribution in [0.3, 0.4) is 0 Å². The molecule has 14 nitrogen and oxygen atoms in total. The number of piperidine rings is 4. The van der Waals surface area contributed by atoms with Gasteiger partial charge in [-0.1, -0.05) is 0 Å². The van der Waals surface area contributed by atoms with Gasteiger partial charge in [-0.3, -0.25) is 44.4 Å². The van der Waals surface area contributed by atoms with Crippen molar-refractivity contribution in [3.63, 3.8) is 0 Å². The lowest BCUT2D eigenvalue weighted by molar-refractivity contribution is -0.385. The van der Waals surface area contributed by atoms with E-state index in [1.54, 1.807) is 18.2 Å². The highest BCUT2D eigenvalue weighted by Crippen LogP contribution is 2.45. The number of anilines is 2. The van der Waals surface area contributed by atoms with Crippen molar-refractivity contribution in [2.24, 2.45) is 5.41 Å². The molecule has 5 fully saturated rings. The van der Waals surface area contributed by atoms with Crippen LogP contribution >= 0.6 is 0 Å². The summed E-state index contributed by atoms with van der Waals surface area (Å²) in [7, 11) is 1.49. The Morgan fingerprint density at radius 2 is 1.46 bits per heavy atom. The number of hydrogen-bond acceptors (Lipinski definition) is 11. The summed E-state index contributed by atoms with van der Waals surface area (Å²) in [6.07, 6.45) is 7.32. The fourth-order valence-corrected chi connectivity index (χ4v) is 9.56. The van der Waals surface area contributed by atoms with Crippen molar-refractivity contribution in [1.82, 2.24) is 20.0 Å². The van der Waals surface area contributed by atoms with Gasteiger partial charge in [0, 0.05) is 81.3 Å². The van der Waals surface area contributed by atoms with E-state index in [1.807, 2.05) is 19.1 Å². The first-order chi connectivity index (χ1) is 25.0. The molecule has 8 rings (SSSR count). The number of amides is 4. The van der Waals surface area contributed by atoms with Crippen LogP contribution in [0, 0.1) is 22.5 Å². The van der Waals surface area contributed by atoms with E-state index in [-0.39, 0.29) is 29.4 Å². The number of ether oxygens (including phenoxy) is 1. The predicted octanol–water partition coefficient (Wildman–Crippen LogP) is 3.35. The molecule has 1 N–H and O–H groups in total. The monoisotopic (exact) mass is 713 g/mol. The maximum absolute atomic E-state index is 13.3. The summed E-state index contributed by atoms with van der Waals surface area (Å²) in [5.74, 6) is -1.61. The Bertz CT molecular complexity index is 1800. The van der Waals surface area contributed by atoms with Gasteiger partial charge >= 0.3 is 5.69 Å². The van der Waals surface area contributed by atoms with Crippen molar-refractivity contribution in [2.75, 3.05) is 69.3 Å². The molecular formula is C38H47N7O7. The van der Waals surface area contributed by atoms with E-state index >= 15 is 0 Å². The molecule has 2 aromatic carbocycles. The van der Waals surface area contributed by atoms with Gasteiger partial charge in [0.25, 0.3) is 11.8 Å². The molecule has 1 atom stereocenters. The third-order valence-electron chi connectivity index (χ3n) is 12.9. The summed E-state index contributed by atoms with van der Waals surface area (Å²) in [6, 6.07) is 8.95. The quantitative estimate of drug-likeness (QED) is 0.256. The molecule has 52 heavy (non-hydrogen) atoms. The first-order valence-corrected chi connectivity index (χ1v) is 18.7. The third-order valence-corrected chi connectivity index (χ3v) is 12.9. The molecule has 5 saturated heterocycles. The van der Waals surface area contributed by atoms with Gasteiger partial charge in [-0.25, -0.2) is 0 Å². The number of nitrogens with zero attached hydrogens (tertiary/aromatic N) is 6. The lowest BCUT2D eigenvalue weighted by atomic mass is 9.70. The average molecular weight is 714 g/mol. The normalized spacial score (nSPS) is 24.7. The van der Waals surface area contributed by atoms with Gasteiger partial charge < -0.3 is 19.4 Å². The van der Waals surface area contributed by atoms with E-state index in [0.29, 0.717) is 34.4 Å². The molecule has 276 valence electrons. The maximum Gasteiger partial charge on any atom is 0.311 e. The van der Waals surface area contributed by atoms with E-state index in [0.717, 1.165) is 87.0 Å². The van der Waals surface area contributed by atoms with Crippen molar-refractivity contribution in [1.29, 1.82) is 0 Å². The third kappa shape index (κ3) is 6.09. The second-order valence-corrected chi connectivity index (χ2v) is 15.6. The maximum atomic E-state index is 13.3. The molecule has 2 aromatic rings. The largest absolute Gasteiger partial charge is 0.490 e.